The minimum absolute atomic E-state index is 0.0410. The fourth-order valence-corrected chi connectivity index (χ4v) is 2.86. The molecule has 2 rings (SSSR count). The highest BCUT2D eigenvalue weighted by atomic mass is 16.6. The minimum atomic E-state index is -0.509. The average Bonchev–Trinajstić information content (AvgIpc) is 2.49. The zero-order valence-electron chi connectivity index (χ0n) is 13.4. The van der Waals surface area contributed by atoms with E-state index in [1.165, 1.54) is 6.07 Å². The molecule has 3 N–H and O–H groups in total. The molecule has 3 atom stereocenters. The van der Waals surface area contributed by atoms with E-state index in [9.17, 15) is 20.0 Å². The Balaban J connectivity index is 1.98. The molecule has 2 amide bonds. The predicted molar refractivity (Wildman–Crippen MR) is 86.2 cm³/mol. The molecule has 7 nitrogen and oxygen atoms in total. The average molecular weight is 321 g/mol. The van der Waals surface area contributed by atoms with Crippen LogP contribution in [0, 0.1) is 17.0 Å². The monoisotopic (exact) mass is 321 g/mol. The summed E-state index contributed by atoms with van der Waals surface area (Å²) >= 11 is 0. The van der Waals surface area contributed by atoms with Crippen molar-refractivity contribution in [1.82, 2.24) is 10.6 Å². The molecule has 1 fully saturated rings. The lowest BCUT2D eigenvalue weighted by Gasteiger charge is -2.29. The first-order valence-corrected chi connectivity index (χ1v) is 7.88. The van der Waals surface area contributed by atoms with Crippen molar-refractivity contribution in [3.05, 3.63) is 39.4 Å². The highest BCUT2D eigenvalue weighted by molar-refractivity contribution is 5.74. The third-order valence-corrected chi connectivity index (χ3v) is 4.32. The molecule has 0 heterocycles. The second-order valence-electron chi connectivity index (χ2n) is 6.10. The molecule has 126 valence electrons. The first-order valence-electron chi connectivity index (χ1n) is 7.88. The van der Waals surface area contributed by atoms with E-state index in [2.05, 4.69) is 10.6 Å². The fourth-order valence-electron chi connectivity index (χ4n) is 2.86. The Morgan fingerprint density at radius 2 is 2.09 bits per heavy atom. The molecule has 23 heavy (non-hydrogen) atoms. The van der Waals surface area contributed by atoms with Crippen LogP contribution < -0.4 is 10.6 Å². The van der Waals surface area contributed by atoms with Gasteiger partial charge in [-0.15, -0.1) is 0 Å². The van der Waals surface area contributed by atoms with Crippen LogP contribution in [-0.2, 0) is 0 Å². The third kappa shape index (κ3) is 4.41. The summed E-state index contributed by atoms with van der Waals surface area (Å²) in [6.07, 6.45) is 2.92. The molecule has 0 radical (unpaired) electrons. The molecule has 1 aliphatic rings. The lowest BCUT2D eigenvalue weighted by Crippen LogP contribution is -2.49. The lowest BCUT2D eigenvalue weighted by atomic mass is 9.93. The molecule has 0 unspecified atom stereocenters. The Kier molecular flexibility index (Phi) is 5.54. The van der Waals surface area contributed by atoms with E-state index in [0.29, 0.717) is 17.5 Å². The van der Waals surface area contributed by atoms with Gasteiger partial charge in [0.2, 0.25) is 0 Å². The van der Waals surface area contributed by atoms with Gasteiger partial charge >= 0.3 is 6.03 Å². The van der Waals surface area contributed by atoms with Crippen molar-refractivity contribution in [2.45, 2.75) is 57.7 Å². The number of carbonyl (C=O) groups excluding carboxylic acids is 1. The second-order valence-corrected chi connectivity index (χ2v) is 6.10. The highest BCUT2D eigenvalue weighted by Crippen LogP contribution is 2.23. The Morgan fingerprint density at radius 1 is 1.39 bits per heavy atom. The van der Waals surface area contributed by atoms with Gasteiger partial charge in [-0.25, -0.2) is 4.79 Å². The largest absolute Gasteiger partial charge is 0.391 e. The van der Waals surface area contributed by atoms with Crippen LogP contribution in [0.4, 0.5) is 10.5 Å². The zero-order valence-corrected chi connectivity index (χ0v) is 13.4. The van der Waals surface area contributed by atoms with Gasteiger partial charge in [-0.1, -0.05) is 25.0 Å². The van der Waals surface area contributed by atoms with Crippen LogP contribution in [0.15, 0.2) is 18.2 Å². The van der Waals surface area contributed by atoms with Crippen molar-refractivity contribution in [2.24, 2.45) is 0 Å². The van der Waals surface area contributed by atoms with Crippen molar-refractivity contribution in [2.75, 3.05) is 0 Å². The predicted octanol–water partition coefficient (Wildman–Crippen LogP) is 2.57. The van der Waals surface area contributed by atoms with Gasteiger partial charge in [0.05, 0.1) is 23.1 Å². The number of aliphatic hydroxyl groups is 1. The molecule has 1 aromatic carbocycles. The maximum Gasteiger partial charge on any atom is 0.315 e. The minimum Gasteiger partial charge on any atom is -0.391 e. The van der Waals surface area contributed by atoms with E-state index in [-0.39, 0.29) is 23.8 Å². The van der Waals surface area contributed by atoms with Crippen LogP contribution >= 0.6 is 0 Å². The maximum absolute atomic E-state index is 12.1. The summed E-state index contributed by atoms with van der Waals surface area (Å²) < 4.78 is 0. The van der Waals surface area contributed by atoms with Gasteiger partial charge in [-0.2, -0.15) is 0 Å². The number of nitrogens with one attached hydrogen (secondary N) is 2. The van der Waals surface area contributed by atoms with Gasteiger partial charge in [-0.3, -0.25) is 10.1 Å². The summed E-state index contributed by atoms with van der Waals surface area (Å²) in [6, 6.07) is 3.96. The molecule has 1 saturated carbocycles. The number of nitro benzene ring substituents is 1. The number of nitro groups is 1. The number of urea groups is 1. The number of benzene rings is 1. The van der Waals surface area contributed by atoms with Crippen LogP contribution in [0.5, 0.6) is 0 Å². The van der Waals surface area contributed by atoms with Gasteiger partial charge < -0.3 is 15.7 Å². The standard InChI is InChI=1S/C16H23N3O4/c1-10-7-8-12(9-14(10)19(22)23)11(2)17-16(21)18-13-5-3-4-6-15(13)20/h7-9,11,13,15,20H,3-6H2,1-2H3,(H2,17,18,21)/t11-,13+,15+/m0/s1. The molecule has 1 aromatic rings. The number of aryl methyl sites for hydroxylation is 1. The number of hydrogen-bond donors (Lipinski definition) is 3. The SMILES string of the molecule is Cc1ccc([C@H](C)NC(=O)N[C@@H]2CCCC[C@H]2O)cc1[N+](=O)[O-]. The van der Waals surface area contributed by atoms with Crippen LogP contribution in [0.3, 0.4) is 0 Å². The van der Waals surface area contributed by atoms with Crippen molar-refractivity contribution in [3.8, 4) is 0 Å². The number of nitrogens with zero attached hydrogens (tertiary/aromatic N) is 1. The summed E-state index contributed by atoms with van der Waals surface area (Å²) in [4.78, 5) is 22.6. The van der Waals surface area contributed by atoms with Gasteiger partial charge in [0.15, 0.2) is 0 Å². The van der Waals surface area contributed by atoms with E-state index in [4.69, 9.17) is 0 Å². The number of rotatable bonds is 4. The summed E-state index contributed by atoms with van der Waals surface area (Å²) in [7, 11) is 0. The Bertz CT molecular complexity index is 591. The van der Waals surface area contributed by atoms with Gasteiger partial charge in [-0.05, 0) is 32.3 Å². The van der Waals surface area contributed by atoms with Gasteiger partial charge in [0.25, 0.3) is 5.69 Å². The van der Waals surface area contributed by atoms with E-state index in [0.717, 1.165) is 19.3 Å². The maximum atomic E-state index is 12.1. The van der Waals surface area contributed by atoms with E-state index < -0.39 is 11.0 Å². The van der Waals surface area contributed by atoms with Crippen molar-refractivity contribution in [3.63, 3.8) is 0 Å². The van der Waals surface area contributed by atoms with Crippen molar-refractivity contribution in [1.29, 1.82) is 0 Å². The normalized spacial score (nSPS) is 22.2. The molecule has 0 spiro atoms. The quantitative estimate of drug-likeness (QED) is 0.585. The Hall–Kier alpha value is -2.15. The van der Waals surface area contributed by atoms with Crippen molar-refractivity contribution < 1.29 is 14.8 Å². The van der Waals surface area contributed by atoms with E-state index in [1.807, 2.05) is 0 Å². The van der Waals surface area contributed by atoms with Gasteiger partial charge in [0, 0.05) is 11.6 Å². The van der Waals surface area contributed by atoms with Crippen LogP contribution in [0.2, 0.25) is 0 Å². The van der Waals surface area contributed by atoms with Crippen LogP contribution in [-0.4, -0.2) is 28.2 Å². The molecule has 0 aliphatic heterocycles. The first kappa shape index (κ1) is 17.2. The zero-order chi connectivity index (χ0) is 17.0. The third-order valence-electron chi connectivity index (χ3n) is 4.32. The molecule has 7 heteroatoms. The Morgan fingerprint density at radius 3 is 2.74 bits per heavy atom. The summed E-state index contributed by atoms with van der Waals surface area (Å²) in [5.41, 5.74) is 1.29. The highest BCUT2D eigenvalue weighted by Gasteiger charge is 2.25. The van der Waals surface area contributed by atoms with E-state index >= 15 is 0 Å². The number of aliphatic hydroxyl groups excluding tert-OH is 1. The summed E-state index contributed by atoms with van der Waals surface area (Å²) in [5, 5.41) is 26.4. The van der Waals surface area contributed by atoms with Gasteiger partial charge in [0.1, 0.15) is 0 Å². The van der Waals surface area contributed by atoms with Crippen molar-refractivity contribution >= 4 is 11.7 Å². The molecule has 0 aromatic heterocycles. The fraction of sp³-hybridized carbons (Fsp3) is 0.562. The second kappa shape index (κ2) is 7.41. The number of hydrogen-bond acceptors (Lipinski definition) is 4. The van der Waals surface area contributed by atoms with Crippen LogP contribution in [0.25, 0.3) is 0 Å². The van der Waals surface area contributed by atoms with E-state index in [1.54, 1.807) is 26.0 Å². The Labute approximate surface area is 135 Å². The van der Waals surface area contributed by atoms with Crippen LogP contribution in [0.1, 0.15) is 49.8 Å². The molecule has 1 aliphatic carbocycles. The first-order chi connectivity index (χ1) is 10.9. The molecule has 0 saturated heterocycles. The number of carbonyl (C=O) groups is 1. The summed E-state index contributed by atoms with van der Waals surface area (Å²) in [6.45, 7) is 3.45. The molecular weight excluding hydrogens is 298 g/mol. The summed E-state index contributed by atoms with van der Waals surface area (Å²) in [5.74, 6) is 0. The smallest absolute Gasteiger partial charge is 0.315 e. The topological polar surface area (TPSA) is 104 Å². The molecular formula is C16H23N3O4. The number of amides is 2. The molecule has 0 bridgehead atoms. The lowest BCUT2D eigenvalue weighted by molar-refractivity contribution is -0.385.